The number of carboxylic acids is 1. The van der Waals surface area contributed by atoms with Crippen LogP contribution in [0.2, 0.25) is 0 Å². The largest absolute Gasteiger partial charge is 0.478 e. The van der Waals surface area contributed by atoms with E-state index in [1.54, 1.807) is 0 Å². The zero-order valence-electron chi connectivity index (χ0n) is 14.4. The van der Waals surface area contributed by atoms with Crippen LogP contribution in [-0.4, -0.2) is 33.2 Å². The summed E-state index contributed by atoms with van der Waals surface area (Å²) in [5, 5.41) is 31.0. The van der Waals surface area contributed by atoms with E-state index in [2.05, 4.69) is 0 Å². The summed E-state index contributed by atoms with van der Waals surface area (Å²) in [7, 11) is 0. The molecule has 2 atom stereocenters. The topological polar surface area (TPSA) is 130 Å². The molecule has 0 aliphatic heterocycles. The monoisotopic (exact) mass is 372 g/mol. The Hall–Kier alpha value is -3.23. The van der Waals surface area contributed by atoms with E-state index in [0.717, 1.165) is 13.0 Å². The molecule has 0 amide bonds. The van der Waals surface area contributed by atoms with Gasteiger partial charge in [0.25, 0.3) is 0 Å². The van der Waals surface area contributed by atoms with Gasteiger partial charge >= 0.3 is 17.9 Å². The fourth-order valence-corrected chi connectivity index (χ4v) is 3.18. The number of aromatic carboxylic acids is 1. The van der Waals surface area contributed by atoms with Crippen molar-refractivity contribution in [1.82, 2.24) is 0 Å². The SMILES string of the molecule is CC(=O)Oc1cccc2c1C(O)c1c(OC(C)=O)cc(C(=O)O)cc1C2O. The number of carbonyl (C=O) groups excluding carboxylic acids is 2. The number of aliphatic hydroxyl groups excluding tert-OH is 2. The summed E-state index contributed by atoms with van der Waals surface area (Å²) in [6, 6.07) is 6.82. The zero-order valence-corrected chi connectivity index (χ0v) is 14.4. The standard InChI is InChI=1S/C19H16O8/c1-8(20)26-13-5-3-4-11-15(13)18(23)16-12(17(11)22)6-10(19(24)25)7-14(16)27-9(2)21/h3-7,17-18,22-23H,1-2H3,(H,24,25). The minimum atomic E-state index is -1.41. The molecular formula is C19H16O8. The number of hydrogen-bond donors (Lipinski definition) is 3. The summed E-state index contributed by atoms with van der Waals surface area (Å²) >= 11 is 0. The molecule has 0 aromatic heterocycles. The molecule has 1 aliphatic rings. The van der Waals surface area contributed by atoms with Gasteiger partial charge in [-0.3, -0.25) is 9.59 Å². The molecule has 0 spiro atoms. The molecule has 0 fully saturated rings. The van der Waals surface area contributed by atoms with Gasteiger partial charge in [-0.2, -0.15) is 0 Å². The fourth-order valence-electron chi connectivity index (χ4n) is 3.18. The van der Waals surface area contributed by atoms with Crippen LogP contribution in [0.3, 0.4) is 0 Å². The van der Waals surface area contributed by atoms with E-state index >= 15 is 0 Å². The van der Waals surface area contributed by atoms with Crippen molar-refractivity contribution in [1.29, 1.82) is 0 Å². The van der Waals surface area contributed by atoms with Crippen molar-refractivity contribution in [2.24, 2.45) is 0 Å². The summed E-state index contributed by atoms with van der Waals surface area (Å²) < 4.78 is 10.2. The Labute approximate surface area is 153 Å². The van der Waals surface area contributed by atoms with Gasteiger partial charge in [0.15, 0.2) is 0 Å². The summed E-state index contributed by atoms with van der Waals surface area (Å²) in [5.74, 6) is -2.76. The van der Waals surface area contributed by atoms with Gasteiger partial charge in [0.05, 0.1) is 5.56 Å². The number of carbonyl (C=O) groups is 3. The van der Waals surface area contributed by atoms with E-state index in [4.69, 9.17) is 9.47 Å². The number of hydrogen-bond acceptors (Lipinski definition) is 7. The van der Waals surface area contributed by atoms with Crippen LogP contribution in [0.25, 0.3) is 0 Å². The molecule has 8 heteroatoms. The molecule has 27 heavy (non-hydrogen) atoms. The van der Waals surface area contributed by atoms with E-state index in [0.29, 0.717) is 0 Å². The lowest BCUT2D eigenvalue weighted by Crippen LogP contribution is -2.22. The third kappa shape index (κ3) is 3.27. The summed E-state index contributed by atoms with van der Waals surface area (Å²) in [4.78, 5) is 34.2. The van der Waals surface area contributed by atoms with Gasteiger partial charge in [-0.25, -0.2) is 4.79 Å². The minimum Gasteiger partial charge on any atom is -0.478 e. The number of fused-ring (bicyclic) bond motifs is 2. The molecule has 0 heterocycles. The maximum atomic E-state index is 11.4. The first kappa shape index (κ1) is 18.6. The minimum absolute atomic E-state index is 0.0369. The summed E-state index contributed by atoms with van der Waals surface area (Å²) in [6.45, 7) is 2.33. The highest BCUT2D eigenvalue weighted by atomic mass is 16.5. The molecule has 2 aromatic rings. The van der Waals surface area contributed by atoms with Gasteiger partial charge < -0.3 is 24.8 Å². The normalized spacial score (nSPS) is 17.5. The Bertz CT molecular complexity index is 962. The fraction of sp³-hybridized carbons (Fsp3) is 0.211. The first-order valence-electron chi connectivity index (χ1n) is 7.97. The van der Waals surface area contributed by atoms with E-state index in [1.807, 2.05) is 0 Å². The molecule has 0 saturated heterocycles. The van der Waals surface area contributed by atoms with Crippen molar-refractivity contribution in [3.05, 3.63) is 58.1 Å². The third-order valence-electron chi connectivity index (χ3n) is 4.16. The van der Waals surface area contributed by atoms with Crippen molar-refractivity contribution in [2.45, 2.75) is 26.1 Å². The number of esters is 2. The smallest absolute Gasteiger partial charge is 0.335 e. The zero-order chi connectivity index (χ0) is 19.9. The maximum absolute atomic E-state index is 11.4. The molecular weight excluding hydrogens is 356 g/mol. The molecule has 3 rings (SSSR count). The lowest BCUT2D eigenvalue weighted by molar-refractivity contribution is -0.132. The lowest BCUT2D eigenvalue weighted by Gasteiger charge is -2.31. The molecule has 3 N–H and O–H groups in total. The lowest BCUT2D eigenvalue weighted by atomic mass is 9.80. The van der Waals surface area contributed by atoms with Crippen molar-refractivity contribution in [3.63, 3.8) is 0 Å². The molecule has 0 radical (unpaired) electrons. The molecule has 8 nitrogen and oxygen atoms in total. The van der Waals surface area contributed by atoms with E-state index in [-0.39, 0.29) is 39.3 Å². The van der Waals surface area contributed by atoms with Crippen LogP contribution in [0.1, 0.15) is 58.7 Å². The van der Waals surface area contributed by atoms with Gasteiger partial charge in [-0.1, -0.05) is 12.1 Å². The van der Waals surface area contributed by atoms with Crippen LogP contribution in [0.5, 0.6) is 11.5 Å². The molecule has 0 saturated carbocycles. The van der Waals surface area contributed by atoms with Crippen LogP contribution in [0, 0.1) is 0 Å². The van der Waals surface area contributed by atoms with Gasteiger partial charge in [-0.05, 0) is 29.3 Å². The first-order valence-corrected chi connectivity index (χ1v) is 7.97. The van der Waals surface area contributed by atoms with Crippen LogP contribution in [-0.2, 0) is 9.59 Å². The Kier molecular flexibility index (Phi) is 4.69. The molecule has 2 unspecified atom stereocenters. The van der Waals surface area contributed by atoms with Crippen LogP contribution >= 0.6 is 0 Å². The van der Waals surface area contributed by atoms with Crippen LogP contribution < -0.4 is 9.47 Å². The predicted octanol–water partition coefficient (Wildman–Crippen LogP) is 1.71. The van der Waals surface area contributed by atoms with Crippen molar-refractivity contribution in [3.8, 4) is 11.5 Å². The Morgan fingerprint density at radius 1 is 0.852 bits per heavy atom. The average Bonchev–Trinajstić information content (AvgIpc) is 2.57. The maximum Gasteiger partial charge on any atom is 0.335 e. The van der Waals surface area contributed by atoms with E-state index in [1.165, 1.54) is 31.2 Å². The number of rotatable bonds is 3. The van der Waals surface area contributed by atoms with Crippen molar-refractivity contribution < 1.29 is 39.2 Å². The molecule has 1 aliphatic carbocycles. The Morgan fingerprint density at radius 2 is 1.44 bits per heavy atom. The van der Waals surface area contributed by atoms with Gasteiger partial charge in [0, 0.05) is 25.0 Å². The summed E-state index contributed by atoms with van der Waals surface area (Å²) in [6.07, 6.45) is -2.73. The van der Waals surface area contributed by atoms with E-state index < -0.39 is 30.1 Å². The number of benzene rings is 2. The first-order chi connectivity index (χ1) is 12.7. The van der Waals surface area contributed by atoms with Crippen LogP contribution in [0.15, 0.2) is 30.3 Å². The van der Waals surface area contributed by atoms with Crippen LogP contribution in [0.4, 0.5) is 0 Å². The number of aliphatic hydroxyl groups is 2. The second-order valence-electron chi connectivity index (χ2n) is 6.03. The van der Waals surface area contributed by atoms with Crippen molar-refractivity contribution in [2.75, 3.05) is 0 Å². The van der Waals surface area contributed by atoms with E-state index in [9.17, 15) is 29.7 Å². The summed E-state index contributed by atoms with van der Waals surface area (Å²) in [5.41, 5.74) is 0.311. The Balaban J connectivity index is 2.27. The molecule has 140 valence electrons. The quantitative estimate of drug-likeness (QED) is 0.548. The predicted molar refractivity (Wildman–Crippen MR) is 90.6 cm³/mol. The second kappa shape index (κ2) is 6.82. The molecule has 2 aromatic carbocycles. The Morgan fingerprint density at radius 3 is 2.04 bits per heavy atom. The van der Waals surface area contributed by atoms with Crippen molar-refractivity contribution >= 4 is 17.9 Å². The highest BCUT2D eigenvalue weighted by Gasteiger charge is 2.36. The van der Waals surface area contributed by atoms with Gasteiger partial charge in [0.2, 0.25) is 0 Å². The number of carboxylic acid groups (broad SMARTS) is 1. The highest BCUT2D eigenvalue weighted by Crippen LogP contribution is 2.48. The molecule has 0 bridgehead atoms. The van der Waals surface area contributed by atoms with Gasteiger partial charge in [-0.15, -0.1) is 0 Å². The number of ether oxygens (including phenoxy) is 2. The van der Waals surface area contributed by atoms with Gasteiger partial charge in [0.1, 0.15) is 23.7 Å². The highest BCUT2D eigenvalue weighted by molar-refractivity contribution is 5.89. The average molecular weight is 372 g/mol. The second-order valence-corrected chi connectivity index (χ2v) is 6.03. The third-order valence-corrected chi connectivity index (χ3v) is 4.16.